The van der Waals surface area contributed by atoms with Crippen molar-refractivity contribution in [2.45, 2.75) is 6.54 Å². The molecule has 0 unspecified atom stereocenters. The second-order valence-corrected chi connectivity index (χ2v) is 6.36. The molecule has 0 fully saturated rings. The highest BCUT2D eigenvalue weighted by Crippen LogP contribution is 2.22. The van der Waals surface area contributed by atoms with Gasteiger partial charge in [0.05, 0.1) is 20.4 Å². The van der Waals surface area contributed by atoms with E-state index in [-0.39, 0.29) is 12.3 Å². The molecule has 0 spiro atoms. The van der Waals surface area contributed by atoms with E-state index < -0.39 is 5.91 Å². The third-order valence-corrected chi connectivity index (χ3v) is 4.35. The van der Waals surface area contributed by atoms with Crippen molar-refractivity contribution < 1.29 is 23.6 Å². The minimum absolute atomic E-state index is 0.0405. The fourth-order valence-corrected chi connectivity index (χ4v) is 2.80. The van der Waals surface area contributed by atoms with E-state index in [0.29, 0.717) is 28.2 Å². The second-order valence-electron chi connectivity index (χ2n) is 6.36. The molecular weight excluding hydrogens is 382 g/mol. The average molecular weight is 404 g/mol. The van der Waals surface area contributed by atoms with Crippen molar-refractivity contribution in [3.8, 4) is 11.5 Å². The van der Waals surface area contributed by atoms with Crippen LogP contribution < -0.4 is 19.5 Å². The number of amides is 1. The number of nitrogens with zero attached hydrogens (tertiary/aromatic N) is 2. The number of ketones is 1. The number of nitrogens with one attached hydrogen (secondary N) is 1. The number of hydrazone groups is 1. The summed E-state index contributed by atoms with van der Waals surface area (Å²) in [4.78, 5) is 24.8. The smallest absolute Gasteiger partial charge is 0.277 e. The van der Waals surface area contributed by atoms with Crippen molar-refractivity contribution in [2.75, 3.05) is 14.2 Å². The van der Waals surface area contributed by atoms with Crippen LogP contribution in [0.2, 0.25) is 0 Å². The average Bonchev–Trinajstić information content (AvgIpc) is 2.79. The van der Waals surface area contributed by atoms with Gasteiger partial charge in [-0.3, -0.25) is 9.59 Å². The van der Waals surface area contributed by atoms with Gasteiger partial charge in [0, 0.05) is 17.2 Å². The number of pyridine rings is 1. The van der Waals surface area contributed by atoms with Crippen molar-refractivity contribution in [3.05, 3.63) is 89.7 Å². The van der Waals surface area contributed by atoms with Crippen LogP contribution in [-0.4, -0.2) is 32.1 Å². The molecule has 1 aromatic heterocycles. The molecule has 0 aliphatic heterocycles. The van der Waals surface area contributed by atoms with E-state index in [4.69, 9.17) is 9.47 Å². The molecule has 0 saturated heterocycles. The zero-order valence-electron chi connectivity index (χ0n) is 16.7. The largest absolute Gasteiger partial charge is 0.497 e. The first-order valence-corrected chi connectivity index (χ1v) is 9.23. The minimum atomic E-state index is -0.394. The Bertz CT molecular complexity index is 1070. The van der Waals surface area contributed by atoms with E-state index in [1.165, 1.54) is 6.21 Å². The summed E-state index contributed by atoms with van der Waals surface area (Å²) in [5, 5.41) is 4.00. The molecule has 0 aliphatic carbocycles. The maximum atomic E-state index is 12.4. The molecule has 7 nitrogen and oxygen atoms in total. The standard InChI is InChI=1S/C23H21N3O4/c1-29-20-10-11-22(30-2)19(13-20)14-24-25-23(28)18-9-6-12-26(15-18)16-21(27)17-7-4-3-5-8-17/h3-15H,16H2,1-2H3/p+1. The lowest BCUT2D eigenvalue weighted by Gasteiger charge is -2.06. The van der Waals surface area contributed by atoms with Gasteiger partial charge in [-0.05, 0) is 24.3 Å². The monoisotopic (exact) mass is 404 g/mol. The third-order valence-electron chi connectivity index (χ3n) is 4.35. The van der Waals surface area contributed by atoms with Gasteiger partial charge < -0.3 is 9.47 Å². The summed E-state index contributed by atoms with van der Waals surface area (Å²) >= 11 is 0. The van der Waals surface area contributed by atoms with Crippen LogP contribution in [0.4, 0.5) is 0 Å². The Morgan fingerprint density at radius 1 is 1.00 bits per heavy atom. The van der Waals surface area contributed by atoms with Crippen LogP contribution in [0.15, 0.2) is 78.2 Å². The minimum Gasteiger partial charge on any atom is -0.497 e. The van der Waals surface area contributed by atoms with E-state index in [2.05, 4.69) is 10.5 Å². The Kier molecular flexibility index (Phi) is 6.89. The van der Waals surface area contributed by atoms with Crippen LogP contribution >= 0.6 is 0 Å². The summed E-state index contributed by atoms with van der Waals surface area (Å²) in [6, 6.07) is 17.7. The van der Waals surface area contributed by atoms with Crippen molar-refractivity contribution in [1.29, 1.82) is 0 Å². The van der Waals surface area contributed by atoms with Crippen molar-refractivity contribution in [2.24, 2.45) is 5.10 Å². The van der Waals surface area contributed by atoms with Crippen LogP contribution in [0.3, 0.4) is 0 Å². The Hall–Kier alpha value is -4.00. The molecule has 152 valence electrons. The first-order valence-electron chi connectivity index (χ1n) is 9.23. The van der Waals surface area contributed by atoms with E-state index in [1.54, 1.807) is 73.6 Å². The summed E-state index contributed by atoms with van der Waals surface area (Å²) in [6.07, 6.45) is 4.83. The first-order chi connectivity index (χ1) is 14.6. The maximum absolute atomic E-state index is 12.4. The number of benzene rings is 2. The molecule has 0 radical (unpaired) electrons. The number of Topliss-reactive ketones (excluding diaryl/α,β-unsaturated/α-hetero) is 1. The molecule has 3 aromatic rings. The Balaban J connectivity index is 1.67. The zero-order chi connectivity index (χ0) is 21.3. The number of ether oxygens (including phenoxy) is 2. The molecule has 0 atom stereocenters. The maximum Gasteiger partial charge on any atom is 0.277 e. The van der Waals surface area contributed by atoms with Gasteiger partial charge in [-0.1, -0.05) is 30.3 Å². The van der Waals surface area contributed by atoms with E-state index in [9.17, 15) is 9.59 Å². The number of hydrogen-bond acceptors (Lipinski definition) is 5. The van der Waals surface area contributed by atoms with Gasteiger partial charge >= 0.3 is 0 Å². The predicted molar refractivity (Wildman–Crippen MR) is 112 cm³/mol. The van der Waals surface area contributed by atoms with Gasteiger partial charge in [-0.25, -0.2) is 5.43 Å². The van der Waals surface area contributed by atoms with E-state index >= 15 is 0 Å². The predicted octanol–water partition coefficient (Wildman–Crippen LogP) is 2.64. The summed E-state index contributed by atoms with van der Waals surface area (Å²) in [5.74, 6) is 0.817. The number of methoxy groups -OCH3 is 2. The van der Waals surface area contributed by atoms with Crippen molar-refractivity contribution in [1.82, 2.24) is 5.43 Å². The second kappa shape index (κ2) is 9.97. The molecule has 7 heteroatoms. The summed E-state index contributed by atoms with van der Waals surface area (Å²) in [6.45, 7) is 0.134. The summed E-state index contributed by atoms with van der Waals surface area (Å²) in [5.41, 5.74) is 4.15. The van der Waals surface area contributed by atoms with Crippen LogP contribution in [0, 0.1) is 0 Å². The van der Waals surface area contributed by atoms with Crippen LogP contribution in [-0.2, 0) is 6.54 Å². The van der Waals surface area contributed by atoms with Gasteiger partial charge in [0.25, 0.3) is 5.91 Å². The molecule has 1 amide bonds. The van der Waals surface area contributed by atoms with Gasteiger partial charge in [-0.2, -0.15) is 9.67 Å². The number of carbonyl (C=O) groups is 2. The highest BCUT2D eigenvalue weighted by molar-refractivity contribution is 5.95. The molecule has 1 heterocycles. The first kappa shape index (κ1) is 20.7. The lowest BCUT2D eigenvalue weighted by atomic mass is 10.1. The van der Waals surface area contributed by atoms with Gasteiger partial charge in [0.1, 0.15) is 17.1 Å². The van der Waals surface area contributed by atoms with Crippen molar-refractivity contribution in [3.63, 3.8) is 0 Å². The number of carbonyl (C=O) groups excluding carboxylic acids is 2. The van der Waals surface area contributed by atoms with Gasteiger partial charge in [0.2, 0.25) is 12.3 Å². The molecule has 0 saturated carbocycles. The van der Waals surface area contributed by atoms with Crippen LogP contribution in [0.25, 0.3) is 0 Å². The fourth-order valence-electron chi connectivity index (χ4n) is 2.80. The number of rotatable bonds is 8. The summed E-state index contributed by atoms with van der Waals surface area (Å²) < 4.78 is 12.1. The lowest BCUT2D eigenvalue weighted by Crippen LogP contribution is -2.38. The zero-order valence-corrected chi connectivity index (χ0v) is 16.7. The normalized spacial score (nSPS) is 10.6. The Labute approximate surface area is 174 Å². The molecule has 3 rings (SSSR count). The third kappa shape index (κ3) is 5.29. The quantitative estimate of drug-likeness (QED) is 0.271. The molecular formula is C23H22N3O4+. The van der Waals surface area contributed by atoms with Gasteiger partial charge in [-0.15, -0.1) is 0 Å². The topological polar surface area (TPSA) is 80.9 Å². The van der Waals surface area contributed by atoms with E-state index in [0.717, 1.165) is 0 Å². The Morgan fingerprint density at radius 2 is 1.77 bits per heavy atom. The fraction of sp³-hybridized carbons (Fsp3) is 0.130. The highest BCUT2D eigenvalue weighted by Gasteiger charge is 2.15. The van der Waals surface area contributed by atoms with Crippen LogP contribution in [0.5, 0.6) is 11.5 Å². The van der Waals surface area contributed by atoms with Crippen LogP contribution in [0.1, 0.15) is 26.3 Å². The Morgan fingerprint density at radius 3 is 2.50 bits per heavy atom. The molecule has 0 aliphatic rings. The summed E-state index contributed by atoms with van der Waals surface area (Å²) in [7, 11) is 3.12. The highest BCUT2D eigenvalue weighted by atomic mass is 16.5. The molecule has 0 bridgehead atoms. The molecule has 30 heavy (non-hydrogen) atoms. The molecule has 1 N–H and O–H groups in total. The lowest BCUT2D eigenvalue weighted by molar-refractivity contribution is -0.683. The molecule has 2 aromatic carbocycles. The van der Waals surface area contributed by atoms with E-state index in [1.807, 2.05) is 18.2 Å². The number of aromatic nitrogens is 1. The SMILES string of the molecule is COc1ccc(OC)c(C=NNC(=O)c2ccc[n+](CC(=O)c3ccccc3)c2)c1. The van der Waals surface area contributed by atoms with Crippen molar-refractivity contribution >= 4 is 17.9 Å². The number of hydrogen-bond donors (Lipinski definition) is 1. The van der Waals surface area contributed by atoms with Gasteiger partial charge in [0.15, 0.2) is 12.4 Å².